The quantitative estimate of drug-likeness (QED) is 0.684. The molecule has 2 rings (SSSR count). The predicted molar refractivity (Wildman–Crippen MR) is 72.9 cm³/mol. The first-order valence-electron chi connectivity index (χ1n) is 5.69. The molecule has 1 heterocycles. The molecular formula is C12H9F3N4OS. The number of rotatable bonds is 2. The molecule has 1 aromatic heterocycles. The molecular weight excluding hydrogens is 305 g/mol. The van der Waals surface area contributed by atoms with E-state index >= 15 is 0 Å². The summed E-state index contributed by atoms with van der Waals surface area (Å²) in [4.78, 5) is 11.7. The third kappa shape index (κ3) is 3.43. The van der Waals surface area contributed by atoms with Crippen LogP contribution in [0.25, 0.3) is 0 Å². The average molecular weight is 314 g/mol. The number of nitrogens with one attached hydrogen (secondary N) is 1. The van der Waals surface area contributed by atoms with Gasteiger partial charge < -0.3 is 0 Å². The molecule has 0 amide bonds. The summed E-state index contributed by atoms with van der Waals surface area (Å²) in [5.74, 6) is 0. The molecule has 0 aliphatic rings. The number of nitrogens with zero attached hydrogens (tertiary/aromatic N) is 3. The van der Waals surface area contributed by atoms with Gasteiger partial charge in [0.25, 0.3) is 5.56 Å². The molecule has 21 heavy (non-hydrogen) atoms. The van der Waals surface area contributed by atoms with Crippen molar-refractivity contribution in [3.8, 4) is 0 Å². The molecule has 110 valence electrons. The first-order valence-corrected chi connectivity index (χ1v) is 6.10. The Morgan fingerprint density at radius 2 is 1.95 bits per heavy atom. The summed E-state index contributed by atoms with van der Waals surface area (Å²) in [5, 5.41) is 9.96. The lowest BCUT2D eigenvalue weighted by molar-refractivity contribution is -0.137. The van der Waals surface area contributed by atoms with E-state index in [9.17, 15) is 18.0 Å². The predicted octanol–water partition coefficient (Wildman–Crippen LogP) is 2.51. The number of hydrogen-bond donors (Lipinski definition) is 1. The topological polar surface area (TPSA) is 63.0 Å². The molecule has 0 radical (unpaired) electrons. The van der Waals surface area contributed by atoms with Crippen LogP contribution in [0.1, 0.15) is 16.8 Å². The average Bonchev–Trinajstić information content (AvgIpc) is 2.43. The molecule has 0 aliphatic carbocycles. The molecule has 0 fully saturated rings. The summed E-state index contributed by atoms with van der Waals surface area (Å²) in [6.07, 6.45) is -3.15. The van der Waals surface area contributed by atoms with E-state index < -0.39 is 17.3 Å². The standard InChI is InChI=1S/C12H9F3N4OS/c1-7-10(20)19(11(21)18-17-7)16-6-8-2-4-9(5-3-8)12(13,14)15/h2-6H,1H3,(H,18,21)/b16-6+. The monoisotopic (exact) mass is 314 g/mol. The van der Waals surface area contributed by atoms with Crippen molar-refractivity contribution in [1.29, 1.82) is 0 Å². The maximum absolute atomic E-state index is 12.4. The van der Waals surface area contributed by atoms with Crippen molar-refractivity contribution in [2.75, 3.05) is 0 Å². The van der Waals surface area contributed by atoms with Gasteiger partial charge in [-0.3, -0.25) is 9.89 Å². The van der Waals surface area contributed by atoms with Crippen LogP contribution in [0.5, 0.6) is 0 Å². The van der Waals surface area contributed by atoms with Crippen molar-refractivity contribution in [1.82, 2.24) is 14.9 Å². The highest BCUT2D eigenvalue weighted by atomic mass is 32.1. The van der Waals surface area contributed by atoms with E-state index in [0.29, 0.717) is 5.56 Å². The van der Waals surface area contributed by atoms with E-state index in [2.05, 4.69) is 15.3 Å². The molecule has 5 nitrogen and oxygen atoms in total. The summed E-state index contributed by atoms with van der Waals surface area (Å²) in [5.41, 5.74) is -0.678. The second-order valence-corrected chi connectivity index (χ2v) is 4.48. The second-order valence-electron chi connectivity index (χ2n) is 4.10. The van der Waals surface area contributed by atoms with Crippen molar-refractivity contribution < 1.29 is 13.2 Å². The maximum Gasteiger partial charge on any atom is 0.416 e. The van der Waals surface area contributed by atoms with E-state index in [1.165, 1.54) is 25.3 Å². The van der Waals surface area contributed by atoms with Crippen LogP contribution in [0, 0.1) is 11.7 Å². The lowest BCUT2D eigenvalue weighted by atomic mass is 10.1. The van der Waals surface area contributed by atoms with Crippen LogP contribution in [-0.2, 0) is 6.18 Å². The minimum atomic E-state index is -4.39. The maximum atomic E-state index is 12.4. The number of hydrogen-bond acceptors (Lipinski definition) is 4. The van der Waals surface area contributed by atoms with E-state index in [4.69, 9.17) is 12.2 Å². The molecule has 0 saturated heterocycles. The molecule has 1 N–H and O–H groups in total. The fourth-order valence-corrected chi connectivity index (χ4v) is 1.64. The lowest BCUT2D eigenvalue weighted by Crippen LogP contribution is -2.22. The largest absolute Gasteiger partial charge is 0.416 e. The van der Waals surface area contributed by atoms with Crippen LogP contribution in [0.4, 0.5) is 13.2 Å². The fraction of sp³-hybridized carbons (Fsp3) is 0.167. The van der Waals surface area contributed by atoms with Crippen LogP contribution in [-0.4, -0.2) is 21.1 Å². The molecule has 0 saturated carbocycles. The minimum Gasteiger partial charge on any atom is -0.265 e. The van der Waals surface area contributed by atoms with Crippen molar-refractivity contribution in [2.24, 2.45) is 5.10 Å². The smallest absolute Gasteiger partial charge is 0.265 e. The number of benzene rings is 1. The van der Waals surface area contributed by atoms with Gasteiger partial charge in [-0.25, -0.2) is 0 Å². The van der Waals surface area contributed by atoms with Gasteiger partial charge >= 0.3 is 6.18 Å². The molecule has 0 aliphatic heterocycles. The van der Waals surface area contributed by atoms with Crippen LogP contribution >= 0.6 is 12.2 Å². The number of halogens is 3. The van der Waals surface area contributed by atoms with E-state index in [0.717, 1.165) is 16.8 Å². The van der Waals surface area contributed by atoms with E-state index in [-0.39, 0.29) is 10.5 Å². The molecule has 0 spiro atoms. The number of aromatic amines is 1. The molecule has 2 aromatic rings. The zero-order valence-corrected chi connectivity index (χ0v) is 11.5. The Morgan fingerprint density at radius 3 is 2.52 bits per heavy atom. The first kappa shape index (κ1) is 15.1. The zero-order chi connectivity index (χ0) is 15.6. The summed E-state index contributed by atoms with van der Waals surface area (Å²) < 4.78 is 38.2. The number of aromatic nitrogens is 3. The van der Waals surface area contributed by atoms with Crippen LogP contribution < -0.4 is 5.56 Å². The molecule has 0 bridgehead atoms. The van der Waals surface area contributed by atoms with Gasteiger partial charge in [0.1, 0.15) is 5.69 Å². The van der Waals surface area contributed by atoms with E-state index in [1.54, 1.807) is 0 Å². The molecule has 1 aromatic carbocycles. The normalized spacial score (nSPS) is 12.0. The SMILES string of the molecule is Cc1n[nH]c(=S)n(/N=C/c2ccc(C(F)(F)F)cc2)c1=O. The van der Waals surface area contributed by atoms with Crippen LogP contribution in [0.3, 0.4) is 0 Å². The van der Waals surface area contributed by atoms with Gasteiger partial charge in [-0.15, -0.1) is 0 Å². The fourth-order valence-electron chi connectivity index (χ4n) is 1.46. The van der Waals surface area contributed by atoms with Gasteiger partial charge in [0, 0.05) is 0 Å². The third-order valence-corrected chi connectivity index (χ3v) is 2.84. The van der Waals surface area contributed by atoms with Gasteiger partial charge in [0.2, 0.25) is 4.77 Å². The number of alkyl halides is 3. The summed E-state index contributed by atoms with van der Waals surface area (Å²) in [7, 11) is 0. The minimum absolute atomic E-state index is 0.00578. The van der Waals surface area contributed by atoms with Gasteiger partial charge in [0.15, 0.2) is 0 Å². The lowest BCUT2D eigenvalue weighted by Gasteiger charge is -2.05. The Hall–Kier alpha value is -2.29. The second kappa shape index (κ2) is 5.60. The summed E-state index contributed by atoms with van der Waals surface area (Å²) >= 11 is 4.87. The van der Waals surface area contributed by atoms with Gasteiger partial charge in [-0.1, -0.05) is 12.1 Å². The third-order valence-electron chi connectivity index (χ3n) is 2.57. The van der Waals surface area contributed by atoms with Crippen molar-refractivity contribution >= 4 is 18.4 Å². The van der Waals surface area contributed by atoms with Crippen LogP contribution in [0.15, 0.2) is 34.2 Å². The van der Waals surface area contributed by atoms with Gasteiger partial charge in [-0.2, -0.15) is 28.0 Å². The Labute approximate surface area is 121 Å². The zero-order valence-electron chi connectivity index (χ0n) is 10.7. The highest BCUT2D eigenvalue weighted by molar-refractivity contribution is 7.71. The summed E-state index contributed by atoms with van der Waals surface area (Å²) in [6, 6.07) is 4.36. The Kier molecular flexibility index (Phi) is 4.03. The van der Waals surface area contributed by atoms with Crippen LogP contribution in [0.2, 0.25) is 0 Å². The highest BCUT2D eigenvalue weighted by Gasteiger charge is 2.29. The van der Waals surface area contributed by atoms with E-state index in [1.807, 2.05) is 0 Å². The first-order chi connectivity index (χ1) is 9.79. The Balaban J connectivity index is 2.33. The van der Waals surface area contributed by atoms with Gasteiger partial charge in [0.05, 0.1) is 11.8 Å². The number of H-pyrrole nitrogens is 1. The summed E-state index contributed by atoms with van der Waals surface area (Å²) in [6.45, 7) is 1.48. The van der Waals surface area contributed by atoms with Crippen molar-refractivity contribution in [3.05, 3.63) is 56.2 Å². The Bertz CT molecular complexity index is 790. The Morgan fingerprint density at radius 1 is 1.33 bits per heavy atom. The molecule has 0 unspecified atom stereocenters. The molecule has 0 atom stereocenters. The van der Waals surface area contributed by atoms with Gasteiger partial charge in [-0.05, 0) is 36.8 Å². The number of aryl methyl sites for hydroxylation is 1. The highest BCUT2D eigenvalue weighted by Crippen LogP contribution is 2.28. The van der Waals surface area contributed by atoms with Crippen molar-refractivity contribution in [3.63, 3.8) is 0 Å². The van der Waals surface area contributed by atoms with Crippen molar-refractivity contribution in [2.45, 2.75) is 13.1 Å². The molecule has 9 heteroatoms.